The molecule has 18 heavy (non-hydrogen) atoms. The average molecular weight is 258 g/mol. The van der Waals surface area contributed by atoms with Gasteiger partial charge in [0.05, 0.1) is 7.11 Å². The molecule has 0 heterocycles. The largest absolute Gasteiger partial charge is 0.467 e. The van der Waals surface area contributed by atoms with Gasteiger partial charge in [-0.15, -0.1) is 0 Å². The molecular formula is C13H26N2O3. The van der Waals surface area contributed by atoms with Gasteiger partial charge in [0.25, 0.3) is 0 Å². The van der Waals surface area contributed by atoms with Crippen molar-refractivity contribution < 1.29 is 14.3 Å². The van der Waals surface area contributed by atoms with Crippen LogP contribution in [0.25, 0.3) is 0 Å². The lowest BCUT2D eigenvalue weighted by molar-refractivity contribution is -0.145. The van der Waals surface area contributed by atoms with Crippen molar-refractivity contribution in [2.24, 2.45) is 17.6 Å². The first-order chi connectivity index (χ1) is 8.27. The lowest BCUT2D eigenvalue weighted by Gasteiger charge is -2.20. The Balaban J connectivity index is 4.39. The Labute approximate surface area is 109 Å². The van der Waals surface area contributed by atoms with Crippen molar-refractivity contribution in [3.05, 3.63) is 0 Å². The van der Waals surface area contributed by atoms with Crippen molar-refractivity contribution in [3.8, 4) is 0 Å². The molecule has 2 atom stereocenters. The topological polar surface area (TPSA) is 81.4 Å². The van der Waals surface area contributed by atoms with E-state index in [1.165, 1.54) is 7.11 Å². The van der Waals surface area contributed by atoms with E-state index < -0.39 is 12.0 Å². The highest BCUT2D eigenvalue weighted by Crippen LogP contribution is 2.08. The van der Waals surface area contributed by atoms with Crippen molar-refractivity contribution in [3.63, 3.8) is 0 Å². The zero-order chi connectivity index (χ0) is 14.3. The Morgan fingerprint density at radius 2 is 1.78 bits per heavy atom. The first-order valence-electron chi connectivity index (χ1n) is 6.40. The van der Waals surface area contributed by atoms with E-state index in [1.54, 1.807) is 0 Å². The van der Waals surface area contributed by atoms with Gasteiger partial charge in [-0.2, -0.15) is 0 Å². The third kappa shape index (κ3) is 6.59. The van der Waals surface area contributed by atoms with Crippen molar-refractivity contribution in [1.82, 2.24) is 5.32 Å². The van der Waals surface area contributed by atoms with Gasteiger partial charge in [0, 0.05) is 12.5 Å². The lowest BCUT2D eigenvalue weighted by Crippen LogP contribution is -2.44. The summed E-state index contributed by atoms with van der Waals surface area (Å²) < 4.78 is 4.68. The number of hydrogen-bond acceptors (Lipinski definition) is 4. The van der Waals surface area contributed by atoms with Gasteiger partial charge in [-0.25, -0.2) is 4.79 Å². The van der Waals surface area contributed by atoms with Crippen LogP contribution in [0, 0.1) is 11.8 Å². The summed E-state index contributed by atoms with van der Waals surface area (Å²) in [6, 6.07) is -0.774. The van der Waals surface area contributed by atoms with E-state index in [2.05, 4.69) is 10.1 Å². The SMILES string of the molecule is COC(=O)C(CC(C)C)NC(=O)CC(N)C(C)C. The minimum Gasteiger partial charge on any atom is -0.467 e. The Hall–Kier alpha value is -1.10. The second-order valence-electron chi connectivity index (χ2n) is 5.38. The van der Waals surface area contributed by atoms with Crippen LogP contribution in [0.4, 0.5) is 0 Å². The van der Waals surface area contributed by atoms with Gasteiger partial charge in [-0.3, -0.25) is 4.79 Å². The molecule has 0 aliphatic heterocycles. The van der Waals surface area contributed by atoms with Crippen LogP contribution < -0.4 is 11.1 Å². The van der Waals surface area contributed by atoms with Gasteiger partial charge in [-0.1, -0.05) is 27.7 Å². The molecule has 0 spiro atoms. The Kier molecular flexibility index (Phi) is 7.59. The number of amides is 1. The van der Waals surface area contributed by atoms with E-state index in [0.717, 1.165) is 0 Å². The predicted molar refractivity (Wildman–Crippen MR) is 70.8 cm³/mol. The van der Waals surface area contributed by atoms with Crippen LogP contribution in [-0.4, -0.2) is 31.1 Å². The van der Waals surface area contributed by atoms with Gasteiger partial charge in [0.1, 0.15) is 6.04 Å². The fourth-order valence-electron chi connectivity index (χ4n) is 1.53. The maximum absolute atomic E-state index is 11.8. The molecule has 106 valence electrons. The van der Waals surface area contributed by atoms with Crippen LogP contribution in [-0.2, 0) is 14.3 Å². The van der Waals surface area contributed by atoms with E-state index in [0.29, 0.717) is 12.3 Å². The van der Waals surface area contributed by atoms with Crippen LogP contribution in [0.2, 0.25) is 0 Å². The van der Waals surface area contributed by atoms with Crippen molar-refractivity contribution >= 4 is 11.9 Å². The summed E-state index contributed by atoms with van der Waals surface area (Å²) in [4.78, 5) is 23.3. The zero-order valence-electron chi connectivity index (χ0n) is 12.0. The van der Waals surface area contributed by atoms with Gasteiger partial charge in [-0.05, 0) is 18.3 Å². The molecule has 0 aliphatic rings. The van der Waals surface area contributed by atoms with Gasteiger partial charge < -0.3 is 15.8 Å². The standard InChI is InChI=1S/C13H26N2O3/c1-8(2)6-11(13(17)18-5)15-12(16)7-10(14)9(3)4/h8-11H,6-7,14H2,1-5H3,(H,15,16). The van der Waals surface area contributed by atoms with Gasteiger partial charge in [0.2, 0.25) is 5.91 Å². The molecule has 0 aromatic carbocycles. The number of nitrogens with one attached hydrogen (secondary N) is 1. The summed E-state index contributed by atoms with van der Waals surface area (Å²) in [7, 11) is 1.32. The van der Waals surface area contributed by atoms with Crippen molar-refractivity contribution in [1.29, 1.82) is 0 Å². The fraction of sp³-hybridized carbons (Fsp3) is 0.846. The van der Waals surface area contributed by atoms with E-state index in [9.17, 15) is 9.59 Å². The first-order valence-corrected chi connectivity index (χ1v) is 6.40. The highest BCUT2D eigenvalue weighted by atomic mass is 16.5. The summed E-state index contributed by atoms with van der Waals surface area (Å²) in [6.45, 7) is 7.90. The van der Waals surface area contributed by atoms with Crippen LogP contribution in [0.15, 0.2) is 0 Å². The van der Waals surface area contributed by atoms with Crippen molar-refractivity contribution in [2.75, 3.05) is 7.11 Å². The molecule has 0 radical (unpaired) electrons. The number of nitrogens with two attached hydrogens (primary N) is 1. The Morgan fingerprint density at radius 3 is 2.17 bits per heavy atom. The molecule has 2 unspecified atom stereocenters. The molecule has 0 aliphatic carbocycles. The maximum Gasteiger partial charge on any atom is 0.328 e. The lowest BCUT2D eigenvalue weighted by atomic mass is 10.0. The van der Waals surface area contributed by atoms with E-state index in [4.69, 9.17) is 5.73 Å². The van der Waals surface area contributed by atoms with E-state index >= 15 is 0 Å². The summed E-state index contributed by atoms with van der Waals surface area (Å²) in [5, 5.41) is 2.69. The van der Waals surface area contributed by atoms with Crippen LogP contribution in [0.5, 0.6) is 0 Å². The molecule has 0 rings (SSSR count). The normalized spacial score (nSPS) is 14.4. The number of rotatable bonds is 7. The highest BCUT2D eigenvalue weighted by molar-refractivity contribution is 5.84. The Morgan fingerprint density at radius 1 is 1.22 bits per heavy atom. The van der Waals surface area contributed by atoms with Crippen LogP contribution in [0.1, 0.15) is 40.5 Å². The van der Waals surface area contributed by atoms with E-state index in [-0.39, 0.29) is 24.3 Å². The molecule has 0 aromatic rings. The molecule has 1 amide bonds. The Bertz CT molecular complexity index is 277. The third-order valence-corrected chi connectivity index (χ3v) is 2.81. The summed E-state index contributed by atoms with van der Waals surface area (Å²) in [5.41, 5.74) is 5.83. The number of hydrogen-bond donors (Lipinski definition) is 2. The van der Waals surface area contributed by atoms with Gasteiger partial charge in [0.15, 0.2) is 0 Å². The average Bonchev–Trinajstić information content (AvgIpc) is 2.26. The highest BCUT2D eigenvalue weighted by Gasteiger charge is 2.23. The molecule has 3 N–H and O–H groups in total. The number of methoxy groups -OCH3 is 1. The van der Waals surface area contributed by atoms with E-state index in [1.807, 2.05) is 27.7 Å². The minimum atomic E-state index is -0.582. The van der Waals surface area contributed by atoms with Crippen LogP contribution in [0.3, 0.4) is 0 Å². The molecule has 0 saturated carbocycles. The minimum absolute atomic E-state index is 0.192. The molecule has 5 heteroatoms. The second-order valence-corrected chi connectivity index (χ2v) is 5.38. The number of ether oxygens (including phenoxy) is 1. The molecule has 5 nitrogen and oxygen atoms in total. The fourth-order valence-corrected chi connectivity index (χ4v) is 1.53. The second kappa shape index (κ2) is 8.08. The quantitative estimate of drug-likeness (QED) is 0.669. The smallest absolute Gasteiger partial charge is 0.328 e. The number of carbonyl (C=O) groups excluding carboxylic acids is 2. The third-order valence-electron chi connectivity index (χ3n) is 2.81. The van der Waals surface area contributed by atoms with Gasteiger partial charge >= 0.3 is 5.97 Å². The predicted octanol–water partition coefficient (Wildman–Crippen LogP) is 1.06. The molecule has 0 saturated heterocycles. The molecular weight excluding hydrogens is 232 g/mol. The zero-order valence-corrected chi connectivity index (χ0v) is 12.0. The molecule has 0 bridgehead atoms. The summed E-state index contributed by atoms with van der Waals surface area (Å²) in [5.74, 6) is -0.0759. The summed E-state index contributed by atoms with van der Waals surface area (Å²) in [6.07, 6.45) is 0.790. The number of carbonyl (C=O) groups is 2. The maximum atomic E-state index is 11.8. The van der Waals surface area contributed by atoms with Crippen molar-refractivity contribution in [2.45, 2.75) is 52.6 Å². The molecule has 0 aromatic heterocycles. The monoisotopic (exact) mass is 258 g/mol. The first kappa shape index (κ1) is 16.9. The van der Waals surface area contributed by atoms with Crippen LogP contribution >= 0.6 is 0 Å². The summed E-state index contributed by atoms with van der Waals surface area (Å²) >= 11 is 0. The number of esters is 1. The molecule has 0 fully saturated rings.